The summed E-state index contributed by atoms with van der Waals surface area (Å²) < 4.78 is 0. The van der Waals surface area contributed by atoms with Gasteiger partial charge in [-0.2, -0.15) is 0 Å². The Kier molecular flexibility index (Phi) is 5.35. The summed E-state index contributed by atoms with van der Waals surface area (Å²) in [5.41, 5.74) is 2.81. The van der Waals surface area contributed by atoms with Crippen LogP contribution < -0.4 is 5.32 Å². The van der Waals surface area contributed by atoms with Gasteiger partial charge in [0.1, 0.15) is 5.01 Å². The summed E-state index contributed by atoms with van der Waals surface area (Å²) in [6.07, 6.45) is 1.76. The predicted molar refractivity (Wildman–Crippen MR) is 93.5 cm³/mol. The summed E-state index contributed by atoms with van der Waals surface area (Å²) in [5.74, 6) is 0. The van der Waals surface area contributed by atoms with Crippen molar-refractivity contribution in [1.29, 1.82) is 0 Å². The van der Waals surface area contributed by atoms with Gasteiger partial charge in [-0.15, -0.1) is 11.3 Å². The number of aliphatic hydroxyl groups excluding tert-OH is 1. The summed E-state index contributed by atoms with van der Waals surface area (Å²) in [6.45, 7) is 0.593. The van der Waals surface area contributed by atoms with Crippen LogP contribution in [0.3, 0.4) is 0 Å². The van der Waals surface area contributed by atoms with Crippen LogP contribution in [-0.4, -0.2) is 21.7 Å². The Balaban J connectivity index is 1.65. The van der Waals surface area contributed by atoms with Gasteiger partial charge < -0.3 is 10.4 Å². The van der Waals surface area contributed by atoms with Crippen molar-refractivity contribution in [3.63, 3.8) is 0 Å². The number of nitrogens with one attached hydrogen (secondary N) is 1. The molecule has 0 radical (unpaired) electrons. The summed E-state index contributed by atoms with van der Waals surface area (Å²) >= 11 is 7.46. The number of halogens is 1. The third-order valence-corrected chi connectivity index (χ3v) is 4.59. The van der Waals surface area contributed by atoms with Crippen LogP contribution >= 0.6 is 22.9 Å². The number of hydrogen-bond acceptors (Lipinski definition) is 5. The largest absolute Gasteiger partial charge is 0.394 e. The van der Waals surface area contributed by atoms with E-state index in [1.807, 2.05) is 47.8 Å². The van der Waals surface area contributed by atoms with Crippen molar-refractivity contribution < 1.29 is 5.11 Å². The lowest BCUT2D eigenvalue weighted by Crippen LogP contribution is -2.24. The van der Waals surface area contributed by atoms with Gasteiger partial charge in [-0.3, -0.25) is 4.98 Å². The lowest BCUT2D eigenvalue weighted by atomic mass is 10.1. The molecule has 0 saturated carbocycles. The number of benzene rings is 1. The van der Waals surface area contributed by atoms with Crippen molar-refractivity contribution in [3.05, 3.63) is 70.3 Å². The average molecular weight is 346 g/mol. The van der Waals surface area contributed by atoms with Gasteiger partial charge in [-0.25, -0.2) is 4.98 Å². The number of aromatic nitrogens is 2. The molecule has 0 fully saturated rings. The molecule has 6 heteroatoms. The van der Waals surface area contributed by atoms with E-state index in [1.165, 1.54) is 0 Å². The average Bonchev–Trinajstić information content (AvgIpc) is 3.07. The molecule has 0 aliphatic heterocycles. The van der Waals surface area contributed by atoms with Crippen LogP contribution in [0.2, 0.25) is 5.02 Å². The maximum absolute atomic E-state index is 9.59. The molecule has 1 aromatic carbocycles. The van der Waals surface area contributed by atoms with E-state index in [1.54, 1.807) is 17.5 Å². The maximum atomic E-state index is 9.59. The first kappa shape index (κ1) is 16.1. The molecule has 0 bridgehead atoms. The molecular weight excluding hydrogens is 330 g/mol. The maximum Gasteiger partial charge on any atom is 0.142 e. The molecule has 23 heavy (non-hydrogen) atoms. The zero-order valence-corrected chi connectivity index (χ0v) is 13.9. The molecular formula is C17H16ClN3OS. The van der Waals surface area contributed by atoms with E-state index >= 15 is 0 Å². The van der Waals surface area contributed by atoms with Gasteiger partial charge in [0.05, 0.1) is 24.0 Å². The van der Waals surface area contributed by atoms with E-state index in [-0.39, 0.29) is 12.6 Å². The normalized spacial score (nSPS) is 12.3. The standard InChI is InChI=1S/C17H16ClN3OS/c18-13-6-4-12(5-7-13)16(10-22)20-9-14-11-23-17(21-14)15-3-1-2-8-19-15/h1-8,11,16,20,22H,9-10H2. The number of aliphatic hydroxyl groups is 1. The molecule has 118 valence electrons. The summed E-state index contributed by atoms with van der Waals surface area (Å²) in [6, 6.07) is 13.1. The van der Waals surface area contributed by atoms with Crippen LogP contribution in [0, 0.1) is 0 Å². The molecule has 0 aliphatic rings. The highest BCUT2D eigenvalue weighted by Gasteiger charge is 2.11. The Morgan fingerprint density at radius 3 is 2.70 bits per heavy atom. The van der Waals surface area contributed by atoms with Crippen molar-refractivity contribution >= 4 is 22.9 Å². The molecule has 2 N–H and O–H groups in total. The van der Waals surface area contributed by atoms with Crippen LogP contribution in [0.15, 0.2) is 54.0 Å². The molecule has 4 nitrogen and oxygen atoms in total. The van der Waals surface area contributed by atoms with Crippen molar-refractivity contribution in [2.45, 2.75) is 12.6 Å². The molecule has 0 saturated heterocycles. The minimum Gasteiger partial charge on any atom is -0.394 e. The second kappa shape index (κ2) is 7.66. The van der Waals surface area contributed by atoms with E-state index < -0.39 is 0 Å². The van der Waals surface area contributed by atoms with Gasteiger partial charge in [-0.05, 0) is 29.8 Å². The molecule has 0 spiro atoms. The molecule has 0 amide bonds. The fraction of sp³-hybridized carbons (Fsp3) is 0.176. The Morgan fingerprint density at radius 1 is 1.17 bits per heavy atom. The molecule has 3 aromatic rings. The van der Waals surface area contributed by atoms with Crippen molar-refractivity contribution in [3.8, 4) is 10.7 Å². The lowest BCUT2D eigenvalue weighted by molar-refractivity contribution is 0.243. The van der Waals surface area contributed by atoms with E-state index in [0.717, 1.165) is 22.0 Å². The van der Waals surface area contributed by atoms with E-state index in [2.05, 4.69) is 15.3 Å². The number of hydrogen-bond donors (Lipinski definition) is 2. The highest BCUT2D eigenvalue weighted by molar-refractivity contribution is 7.13. The van der Waals surface area contributed by atoms with Crippen LogP contribution in [0.1, 0.15) is 17.3 Å². The first-order valence-electron chi connectivity index (χ1n) is 7.22. The second-order valence-corrected chi connectivity index (χ2v) is 6.32. The van der Waals surface area contributed by atoms with Crippen molar-refractivity contribution in [2.24, 2.45) is 0 Å². The van der Waals surface area contributed by atoms with E-state index in [9.17, 15) is 5.11 Å². The van der Waals surface area contributed by atoms with Crippen LogP contribution in [0.4, 0.5) is 0 Å². The Morgan fingerprint density at radius 2 is 2.00 bits per heavy atom. The molecule has 1 atom stereocenters. The fourth-order valence-electron chi connectivity index (χ4n) is 2.21. The number of thiazole rings is 1. The monoisotopic (exact) mass is 345 g/mol. The zero-order chi connectivity index (χ0) is 16.1. The third kappa shape index (κ3) is 4.14. The predicted octanol–water partition coefficient (Wildman–Crippen LogP) is 3.68. The fourth-order valence-corrected chi connectivity index (χ4v) is 3.13. The Bertz CT molecular complexity index is 746. The van der Waals surface area contributed by atoms with E-state index in [4.69, 9.17) is 11.6 Å². The molecule has 3 rings (SSSR count). The molecule has 1 unspecified atom stereocenters. The summed E-state index contributed by atoms with van der Waals surface area (Å²) in [4.78, 5) is 8.89. The van der Waals surface area contributed by atoms with Gasteiger partial charge >= 0.3 is 0 Å². The first-order valence-corrected chi connectivity index (χ1v) is 8.47. The molecule has 2 heterocycles. The lowest BCUT2D eigenvalue weighted by Gasteiger charge is -2.16. The number of nitrogens with zero attached hydrogens (tertiary/aromatic N) is 2. The second-order valence-electron chi connectivity index (χ2n) is 5.03. The van der Waals surface area contributed by atoms with Gasteiger partial charge in [0.2, 0.25) is 0 Å². The summed E-state index contributed by atoms with van der Waals surface area (Å²) in [5, 5.41) is 16.5. The van der Waals surface area contributed by atoms with Crippen LogP contribution in [-0.2, 0) is 6.54 Å². The highest BCUT2D eigenvalue weighted by atomic mass is 35.5. The quantitative estimate of drug-likeness (QED) is 0.715. The summed E-state index contributed by atoms with van der Waals surface area (Å²) in [7, 11) is 0. The van der Waals surface area contributed by atoms with Crippen molar-refractivity contribution in [1.82, 2.24) is 15.3 Å². The number of pyridine rings is 1. The van der Waals surface area contributed by atoms with Crippen LogP contribution in [0.5, 0.6) is 0 Å². The topological polar surface area (TPSA) is 58.0 Å². The third-order valence-electron chi connectivity index (χ3n) is 3.42. The van der Waals surface area contributed by atoms with Gasteiger partial charge in [0.25, 0.3) is 0 Å². The first-order chi connectivity index (χ1) is 11.3. The number of rotatable bonds is 6. The Hall–Kier alpha value is -1.79. The molecule has 2 aromatic heterocycles. The minimum absolute atomic E-state index is 0.0128. The van der Waals surface area contributed by atoms with E-state index in [0.29, 0.717) is 11.6 Å². The van der Waals surface area contributed by atoms with Gasteiger partial charge in [0.15, 0.2) is 0 Å². The van der Waals surface area contributed by atoms with Gasteiger partial charge in [-0.1, -0.05) is 29.8 Å². The smallest absolute Gasteiger partial charge is 0.142 e. The highest BCUT2D eigenvalue weighted by Crippen LogP contribution is 2.22. The minimum atomic E-state index is -0.146. The Labute approximate surface area is 143 Å². The zero-order valence-electron chi connectivity index (χ0n) is 12.3. The van der Waals surface area contributed by atoms with Gasteiger partial charge in [0, 0.05) is 23.1 Å². The van der Waals surface area contributed by atoms with Crippen LogP contribution in [0.25, 0.3) is 10.7 Å². The molecule has 0 aliphatic carbocycles. The van der Waals surface area contributed by atoms with Crippen molar-refractivity contribution in [2.75, 3.05) is 6.61 Å². The SMILES string of the molecule is OCC(NCc1csc(-c2ccccn2)n1)c1ccc(Cl)cc1.